The van der Waals surface area contributed by atoms with Crippen LogP contribution >= 0.6 is 0 Å². The summed E-state index contributed by atoms with van der Waals surface area (Å²) in [6.07, 6.45) is 1.76. The van der Waals surface area contributed by atoms with Crippen LogP contribution in [0.3, 0.4) is 0 Å². The molecule has 1 aromatic heterocycles. The van der Waals surface area contributed by atoms with Crippen LogP contribution in [0.25, 0.3) is 5.69 Å². The van der Waals surface area contributed by atoms with Crippen LogP contribution in [0.15, 0.2) is 24.3 Å². The van der Waals surface area contributed by atoms with Crippen molar-refractivity contribution in [3.05, 3.63) is 51.3 Å². The predicted molar refractivity (Wildman–Crippen MR) is 73.7 cm³/mol. The third-order valence-electron chi connectivity index (χ3n) is 3.18. The third kappa shape index (κ3) is 2.50. The van der Waals surface area contributed by atoms with Crippen LogP contribution in [0.5, 0.6) is 0 Å². The van der Waals surface area contributed by atoms with Gasteiger partial charge in [-0.3, -0.25) is 10.1 Å². The zero-order chi connectivity index (χ0) is 14.0. The summed E-state index contributed by atoms with van der Waals surface area (Å²) >= 11 is 0. The minimum Gasteiger partial charge on any atom is -0.258 e. The molecular formula is C14H17N3O2. The number of nitro benzene ring substituents is 1. The summed E-state index contributed by atoms with van der Waals surface area (Å²) in [7, 11) is 0. The number of hydrogen-bond acceptors (Lipinski definition) is 3. The lowest BCUT2D eigenvalue weighted by Crippen LogP contribution is -2.03. The van der Waals surface area contributed by atoms with Crippen molar-refractivity contribution in [3.63, 3.8) is 0 Å². The number of benzene rings is 1. The molecule has 2 rings (SSSR count). The molecule has 0 saturated heterocycles. The van der Waals surface area contributed by atoms with Crippen molar-refractivity contribution >= 4 is 5.69 Å². The fourth-order valence-corrected chi connectivity index (χ4v) is 2.10. The van der Waals surface area contributed by atoms with Crippen LogP contribution in [-0.4, -0.2) is 14.7 Å². The van der Waals surface area contributed by atoms with Crippen molar-refractivity contribution in [2.24, 2.45) is 0 Å². The van der Waals surface area contributed by atoms with E-state index in [2.05, 4.69) is 25.0 Å². The topological polar surface area (TPSA) is 61.0 Å². The lowest BCUT2D eigenvalue weighted by atomic mass is 10.2. The Morgan fingerprint density at radius 2 is 2.00 bits per heavy atom. The average molecular weight is 259 g/mol. The van der Waals surface area contributed by atoms with Gasteiger partial charge >= 0.3 is 0 Å². The van der Waals surface area contributed by atoms with Gasteiger partial charge in [-0.1, -0.05) is 13.8 Å². The molecule has 19 heavy (non-hydrogen) atoms. The maximum atomic E-state index is 10.8. The van der Waals surface area contributed by atoms with E-state index in [0.29, 0.717) is 5.56 Å². The highest BCUT2D eigenvalue weighted by Crippen LogP contribution is 2.22. The Morgan fingerprint density at radius 1 is 1.26 bits per heavy atom. The normalized spacial score (nSPS) is 10.7. The molecule has 0 aliphatic heterocycles. The lowest BCUT2D eigenvalue weighted by molar-refractivity contribution is -0.385. The standard InChI is InChI=1S/C14H17N3O2/c1-4-11-9-12(5-2)16(15-11)13-6-7-14(17(18)19)10(3)8-13/h6-9H,4-5H2,1-3H3. The Balaban J connectivity index is 2.50. The SMILES string of the molecule is CCc1cc(CC)n(-c2ccc([N+](=O)[O-])c(C)c2)n1. The van der Waals surface area contributed by atoms with E-state index in [1.54, 1.807) is 13.0 Å². The highest BCUT2D eigenvalue weighted by Gasteiger charge is 2.13. The van der Waals surface area contributed by atoms with Crippen molar-refractivity contribution in [3.8, 4) is 5.69 Å². The van der Waals surface area contributed by atoms with E-state index in [-0.39, 0.29) is 10.6 Å². The molecule has 0 aliphatic carbocycles. The molecule has 100 valence electrons. The first kappa shape index (κ1) is 13.3. The van der Waals surface area contributed by atoms with Crippen LogP contribution in [0.1, 0.15) is 30.8 Å². The van der Waals surface area contributed by atoms with E-state index in [9.17, 15) is 10.1 Å². The Kier molecular flexibility index (Phi) is 3.64. The molecule has 0 spiro atoms. The summed E-state index contributed by atoms with van der Waals surface area (Å²) in [4.78, 5) is 10.5. The molecule has 0 radical (unpaired) electrons. The van der Waals surface area contributed by atoms with Crippen LogP contribution in [0.2, 0.25) is 0 Å². The van der Waals surface area contributed by atoms with Gasteiger partial charge in [-0.2, -0.15) is 5.10 Å². The average Bonchev–Trinajstić information content (AvgIpc) is 2.81. The number of hydrogen-bond donors (Lipinski definition) is 0. The van der Waals surface area contributed by atoms with E-state index in [1.807, 2.05) is 10.7 Å². The van der Waals surface area contributed by atoms with Gasteiger partial charge in [0.25, 0.3) is 5.69 Å². The van der Waals surface area contributed by atoms with Gasteiger partial charge in [-0.05, 0) is 38.0 Å². The Morgan fingerprint density at radius 3 is 2.53 bits per heavy atom. The molecular weight excluding hydrogens is 242 g/mol. The second-order valence-corrected chi connectivity index (χ2v) is 4.47. The molecule has 0 bridgehead atoms. The summed E-state index contributed by atoms with van der Waals surface area (Å²) in [5.74, 6) is 0. The van der Waals surface area contributed by atoms with E-state index in [0.717, 1.165) is 29.9 Å². The molecule has 0 N–H and O–H groups in total. The number of rotatable bonds is 4. The van der Waals surface area contributed by atoms with E-state index < -0.39 is 0 Å². The minimum atomic E-state index is -0.361. The van der Waals surface area contributed by atoms with Crippen molar-refractivity contribution < 1.29 is 4.92 Å². The summed E-state index contributed by atoms with van der Waals surface area (Å²) in [6.45, 7) is 5.88. The zero-order valence-corrected chi connectivity index (χ0v) is 11.4. The zero-order valence-electron chi connectivity index (χ0n) is 11.4. The first-order valence-electron chi connectivity index (χ1n) is 6.40. The van der Waals surface area contributed by atoms with Gasteiger partial charge in [-0.15, -0.1) is 0 Å². The lowest BCUT2D eigenvalue weighted by Gasteiger charge is -2.07. The van der Waals surface area contributed by atoms with Crippen molar-refractivity contribution in [2.75, 3.05) is 0 Å². The molecule has 1 heterocycles. The van der Waals surface area contributed by atoms with Gasteiger partial charge in [0.05, 0.1) is 16.3 Å². The van der Waals surface area contributed by atoms with Gasteiger partial charge in [0.15, 0.2) is 0 Å². The molecule has 0 fully saturated rings. The Bertz CT molecular complexity index is 617. The molecule has 0 unspecified atom stereocenters. The van der Waals surface area contributed by atoms with Gasteiger partial charge in [0, 0.05) is 17.3 Å². The summed E-state index contributed by atoms with van der Waals surface area (Å²) < 4.78 is 1.87. The second-order valence-electron chi connectivity index (χ2n) is 4.47. The quantitative estimate of drug-likeness (QED) is 0.625. The first-order valence-corrected chi connectivity index (χ1v) is 6.40. The summed E-state index contributed by atoms with van der Waals surface area (Å²) in [5, 5.41) is 15.4. The highest BCUT2D eigenvalue weighted by atomic mass is 16.6. The largest absolute Gasteiger partial charge is 0.272 e. The number of aryl methyl sites for hydroxylation is 3. The third-order valence-corrected chi connectivity index (χ3v) is 3.18. The number of aromatic nitrogens is 2. The number of nitrogens with zero attached hydrogens (tertiary/aromatic N) is 3. The van der Waals surface area contributed by atoms with E-state index in [4.69, 9.17) is 0 Å². The van der Waals surface area contributed by atoms with Crippen LogP contribution in [0, 0.1) is 17.0 Å². The molecule has 5 heteroatoms. The summed E-state index contributed by atoms with van der Waals surface area (Å²) in [6, 6.07) is 7.18. The van der Waals surface area contributed by atoms with Gasteiger partial charge in [0.2, 0.25) is 0 Å². The van der Waals surface area contributed by atoms with Crippen LogP contribution in [0.4, 0.5) is 5.69 Å². The van der Waals surface area contributed by atoms with E-state index in [1.165, 1.54) is 6.07 Å². The smallest absolute Gasteiger partial charge is 0.258 e. The Labute approximate surface area is 112 Å². The molecule has 5 nitrogen and oxygen atoms in total. The minimum absolute atomic E-state index is 0.143. The maximum absolute atomic E-state index is 10.8. The van der Waals surface area contributed by atoms with Gasteiger partial charge in [-0.25, -0.2) is 4.68 Å². The maximum Gasteiger partial charge on any atom is 0.272 e. The highest BCUT2D eigenvalue weighted by molar-refractivity contribution is 5.48. The van der Waals surface area contributed by atoms with Crippen molar-refractivity contribution in [1.82, 2.24) is 9.78 Å². The molecule has 0 amide bonds. The molecule has 2 aromatic rings. The van der Waals surface area contributed by atoms with E-state index >= 15 is 0 Å². The van der Waals surface area contributed by atoms with Gasteiger partial charge in [0.1, 0.15) is 0 Å². The van der Waals surface area contributed by atoms with Gasteiger partial charge < -0.3 is 0 Å². The predicted octanol–water partition coefficient (Wildman–Crippen LogP) is 3.21. The second kappa shape index (κ2) is 5.22. The van der Waals surface area contributed by atoms with Crippen LogP contribution in [-0.2, 0) is 12.8 Å². The fourth-order valence-electron chi connectivity index (χ4n) is 2.10. The number of nitro groups is 1. The molecule has 0 atom stereocenters. The molecule has 0 aliphatic rings. The first-order chi connectivity index (χ1) is 9.06. The Hall–Kier alpha value is -2.17. The summed E-state index contributed by atoms with van der Waals surface area (Å²) in [5.41, 5.74) is 3.82. The monoisotopic (exact) mass is 259 g/mol. The molecule has 1 aromatic carbocycles. The van der Waals surface area contributed by atoms with Crippen LogP contribution < -0.4 is 0 Å². The van der Waals surface area contributed by atoms with Crippen molar-refractivity contribution in [2.45, 2.75) is 33.6 Å². The van der Waals surface area contributed by atoms with Crippen molar-refractivity contribution in [1.29, 1.82) is 0 Å². The molecule has 0 saturated carbocycles. The fraction of sp³-hybridized carbons (Fsp3) is 0.357.